The van der Waals surface area contributed by atoms with Crippen LogP contribution in [0.3, 0.4) is 0 Å². The average Bonchev–Trinajstić information content (AvgIpc) is 3.03. The van der Waals surface area contributed by atoms with Crippen LogP contribution in [0.5, 0.6) is 0 Å². The second kappa shape index (κ2) is 4.03. The van der Waals surface area contributed by atoms with E-state index in [2.05, 4.69) is 33.8 Å². The molecule has 0 atom stereocenters. The van der Waals surface area contributed by atoms with Gasteiger partial charge in [0.2, 0.25) is 0 Å². The molecule has 0 fully saturated rings. The van der Waals surface area contributed by atoms with Crippen LogP contribution in [0, 0.1) is 0 Å². The Labute approximate surface area is 121 Å². The van der Waals surface area contributed by atoms with Crippen molar-refractivity contribution < 1.29 is 0 Å². The molecule has 3 heterocycles. The SMILES string of the molecule is CC1(C)CCCc2nn(-c3ncnc4nc[nH]c34)c(N)c21. The number of imidazole rings is 1. The molecule has 1 aliphatic carbocycles. The first-order valence-corrected chi connectivity index (χ1v) is 7.10. The van der Waals surface area contributed by atoms with E-state index < -0.39 is 0 Å². The van der Waals surface area contributed by atoms with Crippen molar-refractivity contribution in [1.82, 2.24) is 29.7 Å². The first kappa shape index (κ1) is 12.3. The first-order valence-electron chi connectivity index (χ1n) is 7.10. The van der Waals surface area contributed by atoms with Gasteiger partial charge in [-0.15, -0.1) is 0 Å². The largest absolute Gasteiger partial charge is 0.383 e. The van der Waals surface area contributed by atoms with Crippen molar-refractivity contribution in [3.63, 3.8) is 0 Å². The summed E-state index contributed by atoms with van der Waals surface area (Å²) in [6.45, 7) is 4.44. The molecule has 3 aromatic heterocycles. The molecule has 0 radical (unpaired) electrons. The highest BCUT2D eigenvalue weighted by Gasteiger charge is 2.34. The molecule has 108 valence electrons. The number of fused-ring (bicyclic) bond motifs is 2. The predicted octanol–water partition coefficient (Wildman–Crippen LogP) is 1.73. The van der Waals surface area contributed by atoms with Crippen LogP contribution in [0.1, 0.15) is 37.9 Å². The lowest BCUT2D eigenvalue weighted by Crippen LogP contribution is -2.24. The van der Waals surface area contributed by atoms with Crippen LogP contribution in [-0.4, -0.2) is 29.7 Å². The molecular formula is C14H17N7. The van der Waals surface area contributed by atoms with E-state index in [1.165, 1.54) is 6.33 Å². The third-order valence-corrected chi connectivity index (χ3v) is 4.29. The van der Waals surface area contributed by atoms with Gasteiger partial charge in [-0.2, -0.15) is 9.78 Å². The standard InChI is InChI=1S/C14H17N7/c1-14(2)5-3-4-8-9(14)11(15)21(20-8)13-10-12(17-6-16-10)18-7-19-13/h6-7H,3-5,15H2,1-2H3,(H,16,17,18,19). The van der Waals surface area contributed by atoms with Gasteiger partial charge < -0.3 is 10.7 Å². The number of H-pyrrole nitrogens is 1. The molecule has 0 aliphatic heterocycles. The Morgan fingerprint density at radius 2 is 2.14 bits per heavy atom. The number of aromatic amines is 1. The molecular weight excluding hydrogens is 266 g/mol. The highest BCUT2D eigenvalue weighted by molar-refractivity contribution is 5.78. The summed E-state index contributed by atoms with van der Waals surface area (Å²) in [6.07, 6.45) is 6.32. The van der Waals surface area contributed by atoms with Crippen LogP contribution in [-0.2, 0) is 11.8 Å². The zero-order chi connectivity index (χ0) is 14.6. The minimum Gasteiger partial charge on any atom is -0.383 e. The smallest absolute Gasteiger partial charge is 0.184 e. The molecule has 7 nitrogen and oxygen atoms in total. The summed E-state index contributed by atoms with van der Waals surface area (Å²) < 4.78 is 1.72. The van der Waals surface area contributed by atoms with Crippen LogP contribution >= 0.6 is 0 Å². The van der Waals surface area contributed by atoms with Crippen molar-refractivity contribution in [3.8, 4) is 5.82 Å². The molecule has 4 rings (SSSR count). The van der Waals surface area contributed by atoms with E-state index in [1.54, 1.807) is 11.0 Å². The van der Waals surface area contributed by atoms with E-state index >= 15 is 0 Å². The molecule has 21 heavy (non-hydrogen) atoms. The lowest BCUT2D eigenvalue weighted by Gasteiger charge is -2.29. The van der Waals surface area contributed by atoms with E-state index in [0.29, 0.717) is 17.3 Å². The highest BCUT2D eigenvalue weighted by Crippen LogP contribution is 2.40. The van der Waals surface area contributed by atoms with Crippen LogP contribution < -0.4 is 5.73 Å². The normalized spacial score (nSPS) is 17.0. The number of nitrogen functional groups attached to an aromatic ring is 1. The number of aromatic nitrogens is 6. The van der Waals surface area contributed by atoms with Gasteiger partial charge in [0.05, 0.1) is 12.0 Å². The first-order chi connectivity index (χ1) is 10.1. The Bertz CT molecular complexity index is 827. The van der Waals surface area contributed by atoms with Crippen LogP contribution in [0.15, 0.2) is 12.7 Å². The molecule has 0 saturated heterocycles. The fourth-order valence-corrected chi connectivity index (χ4v) is 3.29. The van der Waals surface area contributed by atoms with Gasteiger partial charge in [0.25, 0.3) is 0 Å². The lowest BCUT2D eigenvalue weighted by molar-refractivity contribution is 0.432. The van der Waals surface area contributed by atoms with Gasteiger partial charge in [-0.25, -0.2) is 15.0 Å². The van der Waals surface area contributed by atoms with Gasteiger partial charge in [-0.1, -0.05) is 13.8 Å². The Kier molecular flexibility index (Phi) is 2.36. The second-order valence-corrected chi connectivity index (χ2v) is 6.15. The maximum absolute atomic E-state index is 6.40. The summed E-state index contributed by atoms with van der Waals surface area (Å²) in [4.78, 5) is 15.7. The van der Waals surface area contributed by atoms with E-state index in [0.717, 1.165) is 36.0 Å². The number of nitrogens with one attached hydrogen (secondary N) is 1. The third-order valence-electron chi connectivity index (χ3n) is 4.29. The zero-order valence-corrected chi connectivity index (χ0v) is 12.1. The minimum absolute atomic E-state index is 0.0516. The van der Waals surface area contributed by atoms with Gasteiger partial charge in [0.1, 0.15) is 17.7 Å². The lowest BCUT2D eigenvalue weighted by atomic mass is 9.75. The summed E-state index contributed by atoms with van der Waals surface area (Å²) in [5.41, 5.74) is 10.0. The minimum atomic E-state index is 0.0516. The Morgan fingerprint density at radius 1 is 1.29 bits per heavy atom. The zero-order valence-electron chi connectivity index (χ0n) is 12.1. The summed E-state index contributed by atoms with van der Waals surface area (Å²) in [7, 11) is 0. The van der Waals surface area contributed by atoms with E-state index in [1.807, 2.05) is 0 Å². The summed E-state index contributed by atoms with van der Waals surface area (Å²) in [5.74, 6) is 1.32. The Hall–Kier alpha value is -2.44. The van der Waals surface area contributed by atoms with E-state index in [-0.39, 0.29) is 5.41 Å². The molecule has 0 amide bonds. The van der Waals surface area contributed by atoms with Gasteiger partial charge in [0.15, 0.2) is 11.5 Å². The Morgan fingerprint density at radius 3 is 2.95 bits per heavy atom. The molecule has 0 unspecified atom stereocenters. The number of aryl methyl sites for hydroxylation is 1. The highest BCUT2D eigenvalue weighted by atomic mass is 15.4. The fourth-order valence-electron chi connectivity index (χ4n) is 3.29. The predicted molar refractivity (Wildman–Crippen MR) is 79.2 cm³/mol. The maximum Gasteiger partial charge on any atom is 0.184 e. The average molecular weight is 283 g/mol. The molecule has 0 spiro atoms. The number of anilines is 1. The van der Waals surface area contributed by atoms with Crippen molar-refractivity contribution in [2.75, 3.05) is 5.73 Å². The third kappa shape index (κ3) is 1.66. The topological polar surface area (TPSA) is 98.3 Å². The van der Waals surface area contributed by atoms with Crippen molar-refractivity contribution in [3.05, 3.63) is 23.9 Å². The summed E-state index contributed by atoms with van der Waals surface area (Å²) in [6, 6.07) is 0. The van der Waals surface area contributed by atoms with Crippen molar-refractivity contribution in [2.24, 2.45) is 0 Å². The van der Waals surface area contributed by atoms with Gasteiger partial charge in [-0.3, -0.25) is 0 Å². The van der Waals surface area contributed by atoms with Crippen molar-refractivity contribution >= 4 is 17.0 Å². The quantitative estimate of drug-likeness (QED) is 0.708. The molecule has 0 aromatic carbocycles. The second-order valence-electron chi connectivity index (χ2n) is 6.15. The van der Waals surface area contributed by atoms with Crippen LogP contribution in [0.25, 0.3) is 17.0 Å². The summed E-state index contributed by atoms with van der Waals surface area (Å²) in [5, 5.41) is 4.70. The van der Waals surface area contributed by atoms with Gasteiger partial charge in [0, 0.05) is 5.56 Å². The molecule has 1 aliphatic rings. The monoisotopic (exact) mass is 283 g/mol. The number of rotatable bonds is 1. The molecule has 3 N–H and O–H groups in total. The molecule has 0 bridgehead atoms. The summed E-state index contributed by atoms with van der Waals surface area (Å²) >= 11 is 0. The number of hydrogen-bond donors (Lipinski definition) is 2. The molecule has 0 saturated carbocycles. The van der Waals surface area contributed by atoms with Crippen LogP contribution in [0.2, 0.25) is 0 Å². The van der Waals surface area contributed by atoms with Gasteiger partial charge >= 0.3 is 0 Å². The van der Waals surface area contributed by atoms with Crippen LogP contribution in [0.4, 0.5) is 5.82 Å². The number of hydrogen-bond acceptors (Lipinski definition) is 5. The van der Waals surface area contributed by atoms with Crippen molar-refractivity contribution in [2.45, 2.75) is 38.5 Å². The van der Waals surface area contributed by atoms with E-state index in [4.69, 9.17) is 10.8 Å². The van der Waals surface area contributed by atoms with E-state index in [9.17, 15) is 0 Å². The number of nitrogens with zero attached hydrogens (tertiary/aromatic N) is 5. The fraction of sp³-hybridized carbons (Fsp3) is 0.429. The Balaban J connectivity index is 1.99. The maximum atomic E-state index is 6.40. The molecule has 3 aromatic rings. The number of nitrogens with two attached hydrogens (primary N) is 1. The molecule has 7 heteroatoms. The van der Waals surface area contributed by atoms with Gasteiger partial charge in [-0.05, 0) is 24.7 Å². The van der Waals surface area contributed by atoms with Crippen molar-refractivity contribution in [1.29, 1.82) is 0 Å².